The first-order valence-electron chi connectivity index (χ1n) is 4.36. The summed E-state index contributed by atoms with van der Waals surface area (Å²) in [5.74, 6) is 0.173. The fraction of sp³-hybridized carbons (Fsp3) is 0.333. The zero-order chi connectivity index (χ0) is 10.6. The predicted molar refractivity (Wildman–Crippen MR) is 56.0 cm³/mol. The summed E-state index contributed by atoms with van der Waals surface area (Å²) in [5.41, 5.74) is 0. The monoisotopic (exact) mass is 212 g/mol. The molecule has 1 aromatic heterocycles. The minimum atomic E-state index is -0.129. The van der Waals surface area contributed by atoms with Gasteiger partial charge < -0.3 is 10.5 Å². The highest BCUT2D eigenvalue weighted by molar-refractivity contribution is 7.71. The maximum Gasteiger partial charge on any atom is 0.225 e. The lowest BCUT2D eigenvalue weighted by Gasteiger charge is -2.07. The summed E-state index contributed by atoms with van der Waals surface area (Å²) < 4.78 is 1.04. The van der Waals surface area contributed by atoms with Crippen LogP contribution < -0.4 is 5.32 Å². The quantitative estimate of drug-likeness (QED) is 0.596. The standard InChI is InChI=1S/C9H12N2O2S/c1-2-4-8(12)10-7-5-3-6-9(14)11(7)13/h3,5-6,13H,2,4H2,1H3,(H,10,12). The highest BCUT2D eigenvalue weighted by Crippen LogP contribution is 2.06. The van der Waals surface area contributed by atoms with E-state index in [0.29, 0.717) is 12.2 Å². The molecule has 0 aliphatic carbocycles. The second-order valence-corrected chi connectivity index (χ2v) is 3.28. The van der Waals surface area contributed by atoms with Crippen LogP contribution in [0, 0.1) is 4.64 Å². The van der Waals surface area contributed by atoms with E-state index in [1.807, 2.05) is 6.92 Å². The van der Waals surface area contributed by atoms with Crippen molar-refractivity contribution < 1.29 is 10.0 Å². The normalized spacial score (nSPS) is 9.79. The fourth-order valence-corrected chi connectivity index (χ4v) is 1.19. The molecule has 1 aromatic rings. The Morgan fingerprint density at radius 3 is 3.00 bits per heavy atom. The lowest BCUT2D eigenvalue weighted by atomic mass is 10.3. The van der Waals surface area contributed by atoms with Crippen LogP contribution >= 0.6 is 12.2 Å². The van der Waals surface area contributed by atoms with Crippen LogP contribution in [-0.2, 0) is 4.79 Å². The first kappa shape index (κ1) is 10.7. The zero-order valence-corrected chi connectivity index (χ0v) is 8.67. The number of nitrogens with one attached hydrogen (secondary N) is 1. The van der Waals surface area contributed by atoms with E-state index in [2.05, 4.69) is 5.32 Å². The lowest BCUT2D eigenvalue weighted by molar-refractivity contribution is -0.116. The predicted octanol–water partition coefficient (Wildman–Crippen LogP) is 2.19. The molecule has 0 aromatic carbocycles. The van der Waals surface area contributed by atoms with Gasteiger partial charge in [0.25, 0.3) is 0 Å². The first-order chi connectivity index (χ1) is 6.65. The molecule has 0 aliphatic heterocycles. The number of rotatable bonds is 3. The van der Waals surface area contributed by atoms with Gasteiger partial charge in [0.1, 0.15) is 10.5 Å². The third kappa shape index (κ3) is 2.56. The van der Waals surface area contributed by atoms with Crippen LogP contribution in [0.1, 0.15) is 19.8 Å². The van der Waals surface area contributed by atoms with Gasteiger partial charge in [0.2, 0.25) is 5.91 Å². The van der Waals surface area contributed by atoms with Gasteiger partial charge >= 0.3 is 0 Å². The van der Waals surface area contributed by atoms with Crippen molar-refractivity contribution in [2.75, 3.05) is 5.32 Å². The van der Waals surface area contributed by atoms with E-state index in [4.69, 9.17) is 12.2 Å². The summed E-state index contributed by atoms with van der Waals surface area (Å²) in [6.07, 6.45) is 1.20. The van der Waals surface area contributed by atoms with Crippen LogP contribution in [0.3, 0.4) is 0 Å². The van der Waals surface area contributed by atoms with Crippen LogP contribution in [0.5, 0.6) is 0 Å². The van der Waals surface area contributed by atoms with Crippen molar-refractivity contribution in [3.63, 3.8) is 0 Å². The molecule has 4 nitrogen and oxygen atoms in total. The number of carbonyl (C=O) groups excluding carboxylic acids is 1. The Labute approximate surface area is 87.1 Å². The van der Waals surface area contributed by atoms with Crippen LogP contribution in [0.4, 0.5) is 5.82 Å². The molecule has 5 heteroatoms. The fourth-order valence-electron chi connectivity index (χ4n) is 1.01. The SMILES string of the molecule is CCCC(=O)Nc1cccc(=S)n1O. The molecule has 0 bridgehead atoms. The molecule has 0 unspecified atom stereocenters. The van der Waals surface area contributed by atoms with Gasteiger partial charge in [0.05, 0.1) is 0 Å². The van der Waals surface area contributed by atoms with Crippen molar-refractivity contribution in [2.24, 2.45) is 0 Å². The number of carbonyl (C=O) groups is 1. The molecule has 2 N–H and O–H groups in total. The van der Waals surface area contributed by atoms with Crippen molar-refractivity contribution in [3.05, 3.63) is 22.8 Å². The molecule has 0 spiro atoms. The molecule has 14 heavy (non-hydrogen) atoms. The molecule has 0 aliphatic rings. The number of anilines is 1. The number of hydrogen-bond donors (Lipinski definition) is 2. The average Bonchev–Trinajstić information content (AvgIpc) is 2.13. The molecule has 0 fully saturated rings. The molecule has 0 radical (unpaired) electrons. The summed E-state index contributed by atoms with van der Waals surface area (Å²) >= 11 is 4.82. The molecule has 0 saturated heterocycles. The van der Waals surface area contributed by atoms with Gasteiger partial charge in [-0.1, -0.05) is 25.2 Å². The number of hydrogen-bond acceptors (Lipinski definition) is 3. The van der Waals surface area contributed by atoms with Crippen LogP contribution in [-0.4, -0.2) is 15.8 Å². The van der Waals surface area contributed by atoms with E-state index in [1.54, 1.807) is 18.2 Å². The second-order valence-electron chi connectivity index (χ2n) is 2.86. The molecule has 1 amide bonds. The maximum atomic E-state index is 11.2. The summed E-state index contributed by atoms with van der Waals surface area (Å²) in [5, 5.41) is 12.0. The Morgan fingerprint density at radius 2 is 2.36 bits per heavy atom. The number of nitrogens with zero attached hydrogens (tertiary/aromatic N) is 1. The van der Waals surface area contributed by atoms with Gasteiger partial charge in [-0.25, -0.2) is 0 Å². The summed E-state index contributed by atoms with van der Waals surface area (Å²) in [6, 6.07) is 4.84. The van der Waals surface area contributed by atoms with E-state index in [-0.39, 0.29) is 10.5 Å². The van der Waals surface area contributed by atoms with Gasteiger partial charge in [-0.05, 0) is 18.6 Å². The van der Waals surface area contributed by atoms with Crippen LogP contribution in [0.2, 0.25) is 0 Å². The van der Waals surface area contributed by atoms with Crippen molar-refractivity contribution >= 4 is 23.9 Å². The zero-order valence-electron chi connectivity index (χ0n) is 7.86. The van der Waals surface area contributed by atoms with Crippen LogP contribution in [0.15, 0.2) is 18.2 Å². The molecule has 1 rings (SSSR count). The van der Waals surface area contributed by atoms with Crippen molar-refractivity contribution in [3.8, 4) is 0 Å². The topological polar surface area (TPSA) is 54.3 Å². The molecular weight excluding hydrogens is 200 g/mol. The Balaban J connectivity index is 2.82. The van der Waals surface area contributed by atoms with Crippen LogP contribution in [0.25, 0.3) is 0 Å². The van der Waals surface area contributed by atoms with E-state index in [1.165, 1.54) is 0 Å². The van der Waals surface area contributed by atoms with Gasteiger partial charge in [0.15, 0.2) is 0 Å². The highest BCUT2D eigenvalue weighted by Gasteiger charge is 2.03. The smallest absolute Gasteiger partial charge is 0.225 e. The maximum absolute atomic E-state index is 11.2. The highest BCUT2D eigenvalue weighted by atomic mass is 32.1. The van der Waals surface area contributed by atoms with Gasteiger partial charge in [-0.3, -0.25) is 4.79 Å². The first-order valence-corrected chi connectivity index (χ1v) is 4.77. The largest absolute Gasteiger partial charge is 0.426 e. The average molecular weight is 212 g/mol. The summed E-state index contributed by atoms with van der Waals surface area (Å²) in [6.45, 7) is 1.91. The van der Waals surface area contributed by atoms with E-state index in [0.717, 1.165) is 11.2 Å². The lowest BCUT2D eigenvalue weighted by Crippen LogP contribution is -2.15. The van der Waals surface area contributed by atoms with E-state index < -0.39 is 0 Å². The number of pyridine rings is 1. The third-order valence-electron chi connectivity index (χ3n) is 1.67. The molecule has 0 saturated carbocycles. The number of amides is 1. The second kappa shape index (κ2) is 4.76. The molecular formula is C9H12N2O2S. The Morgan fingerprint density at radius 1 is 1.64 bits per heavy atom. The Hall–Kier alpha value is -1.36. The van der Waals surface area contributed by atoms with E-state index in [9.17, 15) is 10.0 Å². The molecule has 76 valence electrons. The third-order valence-corrected chi connectivity index (χ3v) is 1.98. The van der Waals surface area contributed by atoms with Gasteiger partial charge in [0, 0.05) is 6.42 Å². The summed E-state index contributed by atoms with van der Waals surface area (Å²) in [4.78, 5) is 11.2. The minimum Gasteiger partial charge on any atom is -0.426 e. The Bertz CT molecular complexity index is 387. The van der Waals surface area contributed by atoms with Gasteiger partial charge in [-0.15, -0.1) is 0 Å². The van der Waals surface area contributed by atoms with Crippen molar-refractivity contribution in [1.82, 2.24) is 4.73 Å². The minimum absolute atomic E-state index is 0.129. The van der Waals surface area contributed by atoms with Crippen molar-refractivity contribution in [1.29, 1.82) is 0 Å². The molecule has 0 atom stereocenters. The van der Waals surface area contributed by atoms with E-state index >= 15 is 0 Å². The summed E-state index contributed by atoms with van der Waals surface area (Å²) in [7, 11) is 0. The Kier molecular flexibility index (Phi) is 3.64. The number of aromatic nitrogens is 1. The molecule has 1 heterocycles. The van der Waals surface area contributed by atoms with Gasteiger partial charge in [-0.2, -0.15) is 4.73 Å². The van der Waals surface area contributed by atoms with Crippen molar-refractivity contribution in [2.45, 2.75) is 19.8 Å².